The molecule has 0 unspecified atom stereocenters. The second kappa shape index (κ2) is 5.65. The van der Waals surface area contributed by atoms with Gasteiger partial charge in [-0.2, -0.15) is 0 Å². The molecule has 0 saturated carbocycles. The lowest BCUT2D eigenvalue weighted by Gasteiger charge is -2.11. The standard InChI is InChI=1S/C16H18N2O2/c1-10-8-12(5-7-16(10)20-3)18-13-4-6-15(17)14(9-13)11(2)19/h4-9,18H,17H2,1-3H3. The molecule has 4 heteroatoms. The number of aryl methyl sites for hydroxylation is 1. The topological polar surface area (TPSA) is 64.3 Å². The third-order valence-electron chi connectivity index (χ3n) is 3.12. The second-order valence-electron chi connectivity index (χ2n) is 4.67. The van der Waals surface area contributed by atoms with Crippen LogP contribution < -0.4 is 15.8 Å². The van der Waals surface area contributed by atoms with Gasteiger partial charge in [0.1, 0.15) is 5.75 Å². The van der Waals surface area contributed by atoms with Crippen molar-refractivity contribution in [3.8, 4) is 5.75 Å². The third kappa shape index (κ3) is 2.91. The van der Waals surface area contributed by atoms with Crippen LogP contribution in [0.2, 0.25) is 0 Å². The highest BCUT2D eigenvalue weighted by Gasteiger charge is 2.06. The highest BCUT2D eigenvalue weighted by Crippen LogP contribution is 2.26. The van der Waals surface area contributed by atoms with E-state index in [1.165, 1.54) is 6.92 Å². The largest absolute Gasteiger partial charge is 0.496 e. The average molecular weight is 270 g/mol. The van der Waals surface area contributed by atoms with E-state index in [0.717, 1.165) is 22.7 Å². The lowest BCUT2D eigenvalue weighted by Crippen LogP contribution is -2.01. The van der Waals surface area contributed by atoms with E-state index in [1.807, 2.05) is 31.2 Å². The summed E-state index contributed by atoms with van der Waals surface area (Å²) in [5.41, 5.74) is 9.61. The van der Waals surface area contributed by atoms with Gasteiger partial charge < -0.3 is 15.8 Å². The molecule has 0 saturated heterocycles. The molecule has 0 aliphatic carbocycles. The number of hydrogen-bond donors (Lipinski definition) is 2. The Balaban J connectivity index is 2.28. The van der Waals surface area contributed by atoms with Gasteiger partial charge in [0.15, 0.2) is 5.78 Å². The molecular weight excluding hydrogens is 252 g/mol. The first-order valence-corrected chi connectivity index (χ1v) is 6.33. The molecule has 0 radical (unpaired) electrons. The second-order valence-corrected chi connectivity index (χ2v) is 4.67. The van der Waals surface area contributed by atoms with Gasteiger partial charge in [0.05, 0.1) is 7.11 Å². The van der Waals surface area contributed by atoms with Crippen LogP contribution in [0.5, 0.6) is 5.75 Å². The quantitative estimate of drug-likeness (QED) is 0.659. The van der Waals surface area contributed by atoms with Crippen molar-refractivity contribution in [3.05, 3.63) is 47.5 Å². The molecule has 2 rings (SSSR count). The van der Waals surface area contributed by atoms with Gasteiger partial charge >= 0.3 is 0 Å². The first-order valence-electron chi connectivity index (χ1n) is 6.33. The Morgan fingerprint density at radius 2 is 1.80 bits per heavy atom. The summed E-state index contributed by atoms with van der Waals surface area (Å²) >= 11 is 0. The summed E-state index contributed by atoms with van der Waals surface area (Å²) in [6, 6.07) is 11.2. The third-order valence-corrected chi connectivity index (χ3v) is 3.12. The lowest BCUT2D eigenvalue weighted by atomic mass is 10.1. The maximum atomic E-state index is 11.5. The van der Waals surface area contributed by atoms with E-state index >= 15 is 0 Å². The molecule has 0 heterocycles. The number of hydrogen-bond acceptors (Lipinski definition) is 4. The number of benzene rings is 2. The van der Waals surface area contributed by atoms with E-state index in [4.69, 9.17) is 10.5 Å². The van der Waals surface area contributed by atoms with Crippen LogP contribution in [0.4, 0.5) is 17.1 Å². The summed E-state index contributed by atoms with van der Waals surface area (Å²) in [5.74, 6) is 0.800. The molecule has 0 aromatic heterocycles. The first kappa shape index (κ1) is 13.9. The zero-order chi connectivity index (χ0) is 14.7. The van der Waals surface area contributed by atoms with E-state index in [-0.39, 0.29) is 5.78 Å². The Morgan fingerprint density at radius 1 is 1.15 bits per heavy atom. The molecule has 0 atom stereocenters. The lowest BCUT2D eigenvalue weighted by molar-refractivity contribution is 0.101. The van der Waals surface area contributed by atoms with E-state index in [9.17, 15) is 4.79 Å². The monoisotopic (exact) mass is 270 g/mol. The summed E-state index contributed by atoms with van der Waals surface area (Å²) in [6.07, 6.45) is 0. The number of nitrogens with two attached hydrogens (primary N) is 1. The zero-order valence-electron chi connectivity index (χ0n) is 11.9. The number of anilines is 3. The first-order chi connectivity index (χ1) is 9.51. The van der Waals surface area contributed by atoms with Crippen LogP contribution in [0.25, 0.3) is 0 Å². The molecule has 0 aliphatic rings. The molecule has 0 fully saturated rings. The number of ether oxygens (including phenoxy) is 1. The maximum Gasteiger partial charge on any atom is 0.161 e. The molecule has 0 amide bonds. The smallest absolute Gasteiger partial charge is 0.161 e. The Labute approximate surface area is 118 Å². The Morgan fingerprint density at radius 3 is 2.40 bits per heavy atom. The number of nitrogens with one attached hydrogen (secondary N) is 1. The van der Waals surface area contributed by atoms with Gasteiger partial charge in [0, 0.05) is 22.6 Å². The number of rotatable bonds is 4. The van der Waals surface area contributed by atoms with Crippen LogP contribution in [-0.2, 0) is 0 Å². The van der Waals surface area contributed by atoms with Crippen molar-refractivity contribution < 1.29 is 9.53 Å². The SMILES string of the molecule is COc1ccc(Nc2ccc(N)c(C(C)=O)c2)cc1C. The fraction of sp³-hybridized carbons (Fsp3) is 0.188. The van der Waals surface area contributed by atoms with Crippen LogP contribution >= 0.6 is 0 Å². The molecule has 3 N–H and O–H groups in total. The van der Waals surface area contributed by atoms with E-state index in [0.29, 0.717) is 11.3 Å². The fourth-order valence-corrected chi connectivity index (χ4v) is 2.06. The predicted molar refractivity (Wildman–Crippen MR) is 81.9 cm³/mol. The molecule has 0 spiro atoms. The summed E-state index contributed by atoms with van der Waals surface area (Å²) in [4.78, 5) is 11.5. The van der Waals surface area contributed by atoms with Gasteiger partial charge in [-0.25, -0.2) is 0 Å². The number of nitrogen functional groups attached to an aromatic ring is 1. The van der Waals surface area contributed by atoms with Crippen LogP contribution in [0, 0.1) is 6.92 Å². The number of ketones is 1. The molecule has 0 aliphatic heterocycles. The Bertz CT molecular complexity index is 651. The highest BCUT2D eigenvalue weighted by atomic mass is 16.5. The number of methoxy groups -OCH3 is 1. The minimum absolute atomic E-state index is 0.0444. The van der Waals surface area contributed by atoms with Crippen molar-refractivity contribution in [1.82, 2.24) is 0 Å². The normalized spacial score (nSPS) is 10.2. The molecule has 20 heavy (non-hydrogen) atoms. The van der Waals surface area contributed by atoms with Crippen molar-refractivity contribution >= 4 is 22.8 Å². The Hall–Kier alpha value is -2.49. The predicted octanol–water partition coefficient (Wildman–Crippen LogP) is 3.53. The average Bonchev–Trinajstić information content (AvgIpc) is 2.41. The van der Waals surface area contributed by atoms with Gasteiger partial charge in [-0.05, 0) is 55.8 Å². The molecule has 0 bridgehead atoms. The van der Waals surface area contributed by atoms with E-state index in [2.05, 4.69) is 5.32 Å². The Kier molecular flexibility index (Phi) is 3.94. The van der Waals surface area contributed by atoms with Crippen LogP contribution in [0.1, 0.15) is 22.8 Å². The number of carbonyl (C=O) groups is 1. The minimum atomic E-state index is -0.0444. The zero-order valence-corrected chi connectivity index (χ0v) is 11.9. The van der Waals surface area contributed by atoms with Gasteiger partial charge in [-0.15, -0.1) is 0 Å². The molecule has 104 valence electrons. The van der Waals surface area contributed by atoms with Crippen molar-refractivity contribution in [2.45, 2.75) is 13.8 Å². The van der Waals surface area contributed by atoms with Gasteiger partial charge in [0.2, 0.25) is 0 Å². The van der Waals surface area contributed by atoms with Crippen molar-refractivity contribution in [2.75, 3.05) is 18.2 Å². The summed E-state index contributed by atoms with van der Waals surface area (Å²) in [7, 11) is 1.65. The van der Waals surface area contributed by atoms with Crippen LogP contribution in [0.15, 0.2) is 36.4 Å². The van der Waals surface area contributed by atoms with Crippen LogP contribution in [0.3, 0.4) is 0 Å². The van der Waals surface area contributed by atoms with Crippen molar-refractivity contribution in [1.29, 1.82) is 0 Å². The van der Waals surface area contributed by atoms with Crippen LogP contribution in [-0.4, -0.2) is 12.9 Å². The summed E-state index contributed by atoms with van der Waals surface area (Å²) in [6.45, 7) is 3.49. The van der Waals surface area contributed by atoms with E-state index in [1.54, 1.807) is 19.2 Å². The number of carbonyl (C=O) groups excluding carboxylic acids is 1. The summed E-state index contributed by atoms with van der Waals surface area (Å²) in [5, 5.41) is 3.26. The van der Waals surface area contributed by atoms with Gasteiger partial charge in [-0.3, -0.25) is 4.79 Å². The van der Waals surface area contributed by atoms with Crippen molar-refractivity contribution in [3.63, 3.8) is 0 Å². The molecular formula is C16H18N2O2. The molecule has 4 nitrogen and oxygen atoms in total. The summed E-state index contributed by atoms with van der Waals surface area (Å²) < 4.78 is 5.23. The van der Waals surface area contributed by atoms with Gasteiger partial charge in [-0.1, -0.05) is 0 Å². The number of Topliss-reactive ketones (excluding diaryl/α,β-unsaturated/α-hetero) is 1. The molecule has 2 aromatic rings. The van der Waals surface area contributed by atoms with Crippen molar-refractivity contribution in [2.24, 2.45) is 0 Å². The highest BCUT2D eigenvalue weighted by molar-refractivity contribution is 6.00. The molecule has 2 aromatic carbocycles. The van der Waals surface area contributed by atoms with E-state index < -0.39 is 0 Å². The fourth-order valence-electron chi connectivity index (χ4n) is 2.06. The maximum absolute atomic E-state index is 11.5. The minimum Gasteiger partial charge on any atom is -0.496 e. The van der Waals surface area contributed by atoms with Gasteiger partial charge in [0.25, 0.3) is 0 Å².